The highest BCUT2D eigenvalue weighted by Gasteiger charge is 2.25. The Bertz CT molecular complexity index is 1010. The van der Waals surface area contributed by atoms with Gasteiger partial charge < -0.3 is 14.8 Å². The Kier molecular flexibility index (Phi) is 4.50. The summed E-state index contributed by atoms with van der Waals surface area (Å²) in [5.74, 6) is 0.856. The molecule has 6 nitrogen and oxygen atoms in total. The van der Waals surface area contributed by atoms with Gasteiger partial charge in [-0.05, 0) is 42.0 Å². The maximum Gasteiger partial charge on any atom is 0.269 e. The van der Waals surface area contributed by atoms with E-state index in [1.165, 1.54) is 24.7 Å². The minimum absolute atomic E-state index is 0.226. The fraction of sp³-hybridized carbons (Fsp3) is 0.238. The number of carbonyl (C=O) groups excluding carboxylic acids is 1. The van der Waals surface area contributed by atoms with Crippen molar-refractivity contribution in [3.63, 3.8) is 0 Å². The van der Waals surface area contributed by atoms with Crippen molar-refractivity contribution < 1.29 is 18.7 Å². The number of hydrogen-bond donors (Lipinski definition) is 1. The Hall–Kier alpha value is -3.35. The maximum atomic E-state index is 13.2. The summed E-state index contributed by atoms with van der Waals surface area (Å²) >= 11 is 0. The number of nitrogens with zero attached hydrogens (tertiary/aromatic N) is 2. The van der Waals surface area contributed by atoms with Crippen LogP contribution in [0.25, 0.3) is 5.69 Å². The van der Waals surface area contributed by atoms with Gasteiger partial charge in [-0.25, -0.2) is 9.37 Å². The topological polar surface area (TPSA) is 65.4 Å². The zero-order valence-electron chi connectivity index (χ0n) is 15.6. The molecular formula is C21H20FN3O3. The summed E-state index contributed by atoms with van der Waals surface area (Å²) in [6.07, 6.45) is 3.03. The molecule has 1 aromatic heterocycles. The third kappa shape index (κ3) is 3.43. The third-order valence-electron chi connectivity index (χ3n) is 4.82. The van der Waals surface area contributed by atoms with Crippen LogP contribution in [0.5, 0.6) is 11.5 Å². The molecule has 1 aliphatic heterocycles. The molecule has 0 atom stereocenters. The molecule has 1 amide bonds. The first kappa shape index (κ1) is 18.0. The van der Waals surface area contributed by atoms with Gasteiger partial charge in [-0.1, -0.05) is 19.9 Å². The van der Waals surface area contributed by atoms with Crippen LogP contribution in [-0.2, 0) is 5.41 Å². The van der Waals surface area contributed by atoms with Gasteiger partial charge in [0.2, 0.25) is 6.79 Å². The van der Waals surface area contributed by atoms with Gasteiger partial charge in [0.1, 0.15) is 11.5 Å². The Morgan fingerprint density at radius 3 is 2.71 bits per heavy atom. The summed E-state index contributed by atoms with van der Waals surface area (Å²) in [5.41, 5.74) is 1.76. The molecule has 0 saturated heterocycles. The molecule has 3 aromatic rings. The number of carbonyl (C=O) groups is 1. The standard InChI is InChI=1S/C21H20FN3O3/c1-21(2,14-3-8-18-19(9-14)28-13-27-18)11-24-20(26)17-10-23-12-25(17)16-6-4-15(22)5-7-16/h3-10,12H,11,13H2,1-2H3,(H,24,26). The van der Waals surface area contributed by atoms with Crippen molar-refractivity contribution in [3.05, 3.63) is 72.1 Å². The molecule has 28 heavy (non-hydrogen) atoms. The van der Waals surface area contributed by atoms with Crippen LogP contribution in [0, 0.1) is 5.82 Å². The zero-order valence-corrected chi connectivity index (χ0v) is 15.6. The van der Waals surface area contributed by atoms with E-state index in [0.717, 1.165) is 11.3 Å². The summed E-state index contributed by atoms with van der Waals surface area (Å²) < 4.78 is 25.6. The van der Waals surface area contributed by atoms with Crippen molar-refractivity contribution in [2.24, 2.45) is 0 Å². The fourth-order valence-electron chi connectivity index (χ4n) is 3.08. The number of rotatable bonds is 5. The number of nitrogens with one attached hydrogen (secondary N) is 1. The van der Waals surface area contributed by atoms with Crippen LogP contribution in [0.1, 0.15) is 29.9 Å². The first-order valence-corrected chi connectivity index (χ1v) is 8.91. The lowest BCUT2D eigenvalue weighted by molar-refractivity contribution is 0.0939. The fourth-order valence-corrected chi connectivity index (χ4v) is 3.08. The lowest BCUT2D eigenvalue weighted by atomic mass is 9.84. The van der Waals surface area contributed by atoms with E-state index >= 15 is 0 Å². The number of imidazole rings is 1. The van der Waals surface area contributed by atoms with Gasteiger partial charge in [0.15, 0.2) is 11.5 Å². The summed E-state index contributed by atoms with van der Waals surface area (Å²) in [6, 6.07) is 11.7. The average molecular weight is 381 g/mol. The van der Waals surface area contributed by atoms with Crippen LogP contribution >= 0.6 is 0 Å². The normalized spacial score (nSPS) is 12.8. The SMILES string of the molecule is CC(C)(CNC(=O)c1cncn1-c1ccc(F)cc1)c1ccc2c(c1)OCO2. The summed E-state index contributed by atoms with van der Waals surface area (Å²) in [4.78, 5) is 16.8. The van der Waals surface area contributed by atoms with E-state index in [1.807, 2.05) is 32.0 Å². The Balaban J connectivity index is 1.49. The van der Waals surface area contributed by atoms with Crippen LogP contribution < -0.4 is 14.8 Å². The molecule has 2 aromatic carbocycles. The second-order valence-corrected chi connectivity index (χ2v) is 7.26. The van der Waals surface area contributed by atoms with Gasteiger partial charge in [-0.15, -0.1) is 0 Å². The largest absolute Gasteiger partial charge is 0.454 e. The van der Waals surface area contributed by atoms with Crippen LogP contribution in [0.15, 0.2) is 55.0 Å². The van der Waals surface area contributed by atoms with Gasteiger partial charge in [0.25, 0.3) is 5.91 Å². The molecular weight excluding hydrogens is 361 g/mol. The molecule has 0 unspecified atom stereocenters. The quantitative estimate of drug-likeness (QED) is 0.735. The Morgan fingerprint density at radius 1 is 1.18 bits per heavy atom. The number of benzene rings is 2. The first-order chi connectivity index (χ1) is 13.4. The lowest BCUT2D eigenvalue weighted by Crippen LogP contribution is -2.37. The Labute approximate surface area is 161 Å². The summed E-state index contributed by atoms with van der Waals surface area (Å²) in [7, 11) is 0. The van der Waals surface area contributed by atoms with Crippen molar-refractivity contribution in [3.8, 4) is 17.2 Å². The molecule has 0 aliphatic carbocycles. The van der Waals surface area contributed by atoms with Gasteiger partial charge in [0.05, 0.1) is 12.5 Å². The molecule has 0 saturated carbocycles. The van der Waals surface area contributed by atoms with Crippen LogP contribution in [0.2, 0.25) is 0 Å². The third-order valence-corrected chi connectivity index (χ3v) is 4.82. The summed E-state index contributed by atoms with van der Waals surface area (Å²) in [5, 5.41) is 2.97. The van der Waals surface area contributed by atoms with Crippen molar-refractivity contribution in [1.82, 2.24) is 14.9 Å². The van der Waals surface area contributed by atoms with E-state index in [-0.39, 0.29) is 23.9 Å². The maximum absolute atomic E-state index is 13.2. The molecule has 0 radical (unpaired) electrons. The monoisotopic (exact) mass is 381 g/mol. The van der Waals surface area contributed by atoms with Gasteiger partial charge in [0, 0.05) is 17.6 Å². The number of ether oxygens (including phenoxy) is 2. The number of aromatic nitrogens is 2. The van der Waals surface area contributed by atoms with Gasteiger partial charge >= 0.3 is 0 Å². The van der Waals surface area contributed by atoms with E-state index in [1.54, 1.807) is 16.7 Å². The zero-order chi connectivity index (χ0) is 19.7. The Morgan fingerprint density at radius 2 is 1.93 bits per heavy atom. The second kappa shape index (κ2) is 6.99. The highest BCUT2D eigenvalue weighted by molar-refractivity contribution is 5.93. The van der Waals surface area contributed by atoms with Gasteiger partial charge in [-0.2, -0.15) is 0 Å². The van der Waals surface area contributed by atoms with Crippen LogP contribution in [0.4, 0.5) is 4.39 Å². The minimum atomic E-state index is -0.333. The van der Waals surface area contributed by atoms with Crippen LogP contribution in [0.3, 0.4) is 0 Å². The highest BCUT2D eigenvalue weighted by atomic mass is 19.1. The van der Waals surface area contributed by atoms with Crippen molar-refractivity contribution >= 4 is 5.91 Å². The molecule has 144 valence electrons. The smallest absolute Gasteiger partial charge is 0.269 e. The molecule has 0 bridgehead atoms. The number of fused-ring (bicyclic) bond motifs is 1. The molecule has 1 aliphatic rings. The van der Waals surface area contributed by atoms with Crippen molar-refractivity contribution in [2.45, 2.75) is 19.3 Å². The lowest BCUT2D eigenvalue weighted by Gasteiger charge is -2.26. The van der Waals surface area contributed by atoms with Crippen molar-refractivity contribution in [1.29, 1.82) is 0 Å². The highest BCUT2D eigenvalue weighted by Crippen LogP contribution is 2.36. The first-order valence-electron chi connectivity index (χ1n) is 8.91. The minimum Gasteiger partial charge on any atom is -0.454 e. The average Bonchev–Trinajstić information content (AvgIpc) is 3.35. The predicted molar refractivity (Wildman–Crippen MR) is 101 cm³/mol. The number of amides is 1. The molecule has 1 N–H and O–H groups in total. The number of hydrogen-bond acceptors (Lipinski definition) is 4. The van der Waals surface area contributed by atoms with E-state index in [9.17, 15) is 9.18 Å². The van der Waals surface area contributed by atoms with E-state index in [4.69, 9.17) is 9.47 Å². The second-order valence-electron chi connectivity index (χ2n) is 7.26. The van der Waals surface area contributed by atoms with Crippen molar-refractivity contribution in [2.75, 3.05) is 13.3 Å². The number of halogens is 1. The summed E-state index contributed by atoms with van der Waals surface area (Å²) in [6.45, 7) is 4.73. The molecule has 0 spiro atoms. The van der Waals surface area contributed by atoms with Gasteiger partial charge in [-0.3, -0.25) is 9.36 Å². The molecule has 0 fully saturated rings. The molecule has 4 rings (SSSR count). The van der Waals surface area contributed by atoms with E-state index in [0.29, 0.717) is 23.7 Å². The predicted octanol–water partition coefficient (Wildman–Crippen LogP) is 3.45. The molecule has 2 heterocycles. The van der Waals surface area contributed by atoms with Crippen LogP contribution in [-0.4, -0.2) is 28.8 Å². The van der Waals surface area contributed by atoms with E-state index < -0.39 is 0 Å². The van der Waals surface area contributed by atoms with E-state index in [2.05, 4.69) is 10.3 Å². The molecule has 7 heteroatoms.